The first kappa shape index (κ1) is 10.7. The summed E-state index contributed by atoms with van der Waals surface area (Å²) in [5, 5.41) is 0. The summed E-state index contributed by atoms with van der Waals surface area (Å²) in [6.45, 7) is 6.44. The van der Waals surface area contributed by atoms with Crippen molar-refractivity contribution in [3.8, 4) is 0 Å². The number of H-pyrrole nitrogens is 1. The van der Waals surface area contributed by atoms with E-state index in [2.05, 4.69) is 30.7 Å². The molecule has 1 aromatic rings. The van der Waals surface area contributed by atoms with E-state index >= 15 is 0 Å². The van der Waals surface area contributed by atoms with Crippen molar-refractivity contribution in [3.63, 3.8) is 0 Å². The molecule has 2 rings (SSSR count). The van der Waals surface area contributed by atoms with Crippen LogP contribution in [-0.2, 0) is 17.9 Å². The Kier molecular flexibility index (Phi) is 2.63. The Morgan fingerprint density at radius 1 is 1.40 bits per heavy atom. The van der Waals surface area contributed by atoms with E-state index in [1.54, 1.807) is 11.8 Å². The van der Waals surface area contributed by atoms with Crippen LogP contribution in [0.5, 0.6) is 0 Å². The van der Waals surface area contributed by atoms with E-state index in [9.17, 15) is 4.79 Å². The summed E-state index contributed by atoms with van der Waals surface area (Å²) < 4.78 is 0. The van der Waals surface area contributed by atoms with Crippen molar-refractivity contribution in [2.45, 2.75) is 38.7 Å². The molecule has 2 heterocycles. The Labute approximate surface area is 93.7 Å². The Hall–Kier alpha value is -0.770. The Morgan fingerprint density at radius 2 is 2.13 bits per heavy atom. The maximum absolute atomic E-state index is 11.7. The molecule has 1 aromatic heterocycles. The molecule has 0 fully saturated rings. The first-order valence-corrected chi connectivity index (χ1v) is 6.30. The average molecular weight is 224 g/mol. The summed E-state index contributed by atoms with van der Waals surface area (Å²) in [5.74, 6) is 2.53. The minimum atomic E-state index is 0.0595. The molecule has 0 unspecified atom stereocenters. The quantitative estimate of drug-likeness (QED) is 0.794. The lowest BCUT2D eigenvalue weighted by Crippen LogP contribution is -2.20. The van der Waals surface area contributed by atoms with E-state index in [-0.39, 0.29) is 11.0 Å². The van der Waals surface area contributed by atoms with E-state index in [1.165, 1.54) is 0 Å². The molecule has 3 nitrogen and oxygen atoms in total. The Morgan fingerprint density at radius 3 is 2.80 bits per heavy atom. The normalized spacial score (nSPS) is 15.4. The lowest BCUT2D eigenvalue weighted by atomic mass is 9.92. The van der Waals surface area contributed by atoms with Crippen molar-refractivity contribution in [1.82, 2.24) is 9.97 Å². The second-order valence-electron chi connectivity index (χ2n) is 5.17. The molecule has 0 bridgehead atoms. The van der Waals surface area contributed by atoms with Crippen molar-refractivity contribution in [1.29, 1.82) is 0 Å². The van der Waals surface area contributed by atoms with Gasteiger partial charge in [0, 0.05) is 23.5 Å². The van der Waals surface area contributed by atoms with Crippen LogP contribution in [0.1, 0.15) is 37.9 Å². The summed E-state index contributed by atoms with van der Waals surface area (Å²) in [7, 11) is 0. The van der Waals surface area contributed by atoms with Crippen LogP contribution < -0.4 is 5.56 Å². The van der Waals surface area contributed by atoms with Crippen molar-refractivity contribution in [2.24, 2.45) is 5.41 Å². The zero-order valence-corrected chi connectivity index (χ0v) is 10.2. The van der Waals surface area contributed by atoms with Crippen LogP contribution in [-0.4, -0.2) is 9.97 Å². The number of fused-ring (bicyclic) bond motifs is 1. The smallest absolute Gasteiger partial charge is 0.255 e. The van der Waals surface area contributed by atoms with Gasteiger partial charge in [0.25, 0.3) is 5.56 Å². The second kappa shape index (κ2) is 3.67. The minimum absolute atomic E-state index is 0.0595. The highest BCUT2D eigenvalue weighted by atomic mass is 32.2. The van der Waals surface area contributed by atoms with E-state index in [4.69, 9.17) is 0 Å². The van der Waals surface area contributed by atoms with E-state index in [0.29, 0.717) is 0 Å². The SMILES string of the molecule is CC(C)(C)Cc1nc2c(c(=O)[nH]1)CSC2. The first-order valence-electron chi connectivity index (χ1n) is 5.14. The molecule has 4 heteroatoms. The summed E-state index contributed by atoms with van der Waals surface area (Å²) in [6.07, 6.45) is 0.820. The van der Waals surface area contributed by atoms with Crippen LogP contribution in [0.3, 0.4) is 0 Å². The molecular weight excluding hydrogens is 208 g/mol. The predicted molar refractivity (Wildman–Crippen MR) is 63.0 cm³/mol. The van der Waals surface area contributed by atoms with Crippen LogP contribution in [0.2, 0.25) is 0 Å². The number of aromatic nitrogens is 2. The molecule has 0 aromatic carbocycles. The molecule has 0 aliphatic carbocycles. The Balaban J connectivity index is 2.36. The first-order chi connectivity index (χ1) is 6.96. The van der Waals surface area contributed by atoms with Crippen molar-refractivity contribution in [3.05, 3.63) is 27.4 Å². The summed E-state index contributed by atoms with van der Waals surface area (Å²) in [4.78, 5) is 19.1. The molecular formula is C11H16N2OS. The number of hydrogen-bond donors (Lipinski definition) is 1. The fourth-order valence-corrected chi connectivity index (χ4v) is 2.74. The van der Waals surface area contributed by atoms with Crippen LogP contribution in [0.25, 0.3) is 0 Å². The minimum Gasteiger partial charge on any atom is -0.310 e. The molecule has 15 heavy (non-hydrogen) atoms. The maximum Gasteiger partial charge on any atom is 0.255 e. The van der Waals surface area contributed by atoms with Gasteiger partial charge in [0.15, 0.2) is 0 Å². The molecule has 0 saturated heterocycles. The number of nitrogens with zero attached hydrogens (tertiary/aromatic N) is 1. The van der Waals surface area contributed by atoms with E-state index in [1.807, 2.05) is 0 Å². The molecule has 82 valence electrons. The van der Waals surface area contributed by atoms with Gasteiger partial charge in [-0.25, -0.2) is 4.98 Å². The maximum atomic E-state index is 11.7. The molecule has 0 radical (unpaired) electrons. The largest absolute Gasteiger partial charge is 0.310 e. The molecule has 1 aliphatic rings. The fraction of sp³-hybridized carbons (Fsp3) is 0.636. The monoisotopic (exact) mass is 224 g/mol. The van der Waals surface area contributed by atoms with Crippen molar-refractivity contribution in [2.75, 3.05) is 0 Å². The summed E-state index contributed by atoms with van der Waals surface area (Å²) >= 11 is 1.76. The van der Waals surface area contributed by atoms with Crippen LogP contribution in [0.4, 0.5) is 0 Å². The number of hydrogen-bond acceptors (Lipinski definition) is 3. The molecule has 0 saturated carbocycles. The van der Waals surface area contributed by atoms with Gasteiger partial charge in [0.1, 0.15) is 5.82 Å². The lowest BCUT2D eigenvalue weighted by Gasteiger charge is -2.17. The van der Waals surface area contributed by atoms with Gasteiger partial charge < -0.3 is 4.98 Å². The van der Waals surface area contributed by atoms with E-state index in [0.717, 1.165) is 35.0 Å². The van der Waals surface area contributed by atoms with Gasteiger partial charge in [0.05, 0.1) is 5.69 Å². The van der Waals surface area contributed by atoms with Gasteiger partial charge in [-0.15, -0.1) is 0 Å². The third kappa shape index (κ3) is 2.43. The van der Waals surface area contributed by atoms with Crippen LogP contribution in [0.15, 0.2) is 4.79 Å². The highest BCUT2D eigenvalue weighted by Gasteiger charge is 2.19. The van der Waals surface area contributed by atoms with Gasteiger partial charge in [0.2, 0.25) is 0 Å². The van der Waals surface area contributed by atoms with Crippen molar-refractivity contribution < 1.29 is 0 Å². The van der Waals surface area contributed by atoms with Crippen LogP contribution in [0, 0.1) is 5.41 Å². The topological polar surface area (TPSA) is 45.8 Å². The molecule has 0 atom stereocenters. The summed E-state index contributed by atoms with van der Waals surface area (Å²) in [5.41, 5.74) is 2.08. The van der Waals surface area contributed by atoms with Gasteiger partial charge in [-0.3, -0.25) is 4.79 Å². The van der Waals surface area contributed by atoms with E-state index < -0.39 is 0 Å². The number of rotatable bonds is 1. The van der Waals surface area contributed by atoms with Gasteiger partial charge in [-0.05, 0) is 5.41 Å². The number of nitrogens with one attached hydrogen (secondary N) is 1. The molecule has 1 aliphatic heterocycles. The fourth-order valence-electron chi connectivity index (χ4n) is 1.70. The standard InChI is InChI=1S/C11H16N2OS/c1-11(2,3)4-9-12-8-6-15-5-7(8)10(14)13-9/h4-6H2,1-3H3,(H,12,13,14). The number of aromatic amines is 1. The van der Waals surface area contributed by atoms with Gasteiger partial charge >= 0.3 is 0 Å². The zero-order valence-electron chi connectivity index (χ0n) is 9.39. The molecule has 0 amide bonds. The predicted octanol–water partition coefficient (Wildman–Crippen LogP) is 2.11. The lowest BCUT2D eigenvalue weighted by molar-refractivity contribution is 0.399. The highest BCUT2D eigenvalue weighted by molar-refractivity contribution is 7.98. The van der Waals surface area contributed by atoms with Gasteiger partial charge in [-0.1, -0.05) is 20.8 Å². The van der Waals surface area contributed by atoms with Crippen molar-refractivity contribution >= 4 is 11.8 Å². The highest BCUT2D eigenvalue weighted by Crippen LogP contribution is 2.26. The third-order valence-electron chi connectivity index (χ3n) is 2.33. The second-order valence-corrected chi connectivity index (χ2v) is 6.15. The number of thioether (sulfide) groups is 1. The third-order valence-corrected chi connectivity index (χ3v) is 3.30. The molecule has 0 spiro atoms. The molecule has 1 N–H and O–H groups in total. The Bertz CT molecular complexity index is 431. The average Bonchev–Trinajstić information content (AvgIpc) is 2.48. The van der Waals surface area contributed by atoms with Gasteiger partial charge in [-0.2, -0.15) is 11.8 Å². The van der Waals surface area contributed by atoms with Crippen LogP contribution >= 0.6 is 11.8 Å². The summed E-state index contributed by atoms with van der Waals surface area (Å²) in [6, 6.07) is 0. The zero-order chi connectivity index (χ0) is 11.1.